The van der Waals surface area contributed by atoms with Crippen molar-refractivity contribution in [2.45, 2.75) is 47.6 Å². The molecule has 0 aliphatic carbocycles. The second kappa shape index (κ2) is 4.91. The van der Waals surface area contributed by atoms with Gasteiger partial charge in [-0.05, 0) is 31.9 Å². The van der Waals surface area contributed by atoms with E-state index in [1.54, 1.807) is 0 Å². The fraction of sp³-hybridized carbons (Fsp3) is 0.533. The predicted molar refractivity (Wildman–Crippen MR) is 71.9 cm³/mol. The lowest BCUT2D eigenvalue weighted by Crippen LogP contribution is -2.36. The number of carbonyl (C=O) groups is 1. The molecule has 0 radical (unpaired) electrons. The van der Waals surface area contributed by atoms with Gasteiger partial charge in [0.25, 0.3) is 0 Å². The first kappa shape index (κ1) is 13.8. The summed E-state index contributed by atoms with van der Waals surface area (Å²) in [5.41, 5.74) is 3.33. The Balaban J connectivity index is 2.84. The summed E-state index contributed by atoms with van der Waals surface area (Å²) in [4.78, 5) is 11.9. The Morgan fingerprint density at radius 3 is 2.29 bits per heavy atom. The molecule has 0 bridgehead atoms. The van der Waals surface area contributed by atoms with Crippen molar-refractivity contribution in [1.82, 2.24) is 5.32 Å². The molecule has 0 aliphatic rings. The molecule has 0 aliphatic heterocycles. The highest BCUT2D eigenvalue weighted by Crippen LogP contribution is 2.21. The highest BCUT2D eigenvalue weighted by Gasteiger charge is 2.23. The second-order valence-corrected chi connectivity index (χ2v) is 5.81. The van der Waals surface area contributed by atoms with Crippen LogP contribution in [0.1, 0.15) is 50.4 Å². The fourth-order valence-electron chi connectivity index (χ4n) is 1.80. The quantitative estimate of drug-likeness (QED) is 0.832. The summed E-state index contributed by atoms with van der Waals surface area (Å²) >= 11 is 0. The SMILES string of the molecule is Cc1ccc([C@@H](C)NC(=O)C(C)(C)C)c(C)c1. The van der Waals surface area contributed by atoms with Crippen LogP contribution in [0.15, 0.2) is 18.2 Å². The van der Waals surface area contributed by atoms with Crippen molar-refractivity contribution < 1.29 is 4.79 Å². The van der Waals surface area contributed by atoms with Crippen LogP contribution in [0.4, 0.5) is 0 Å². The van der Waals surface area contributed by atoms with Gasteiger partial charge in [0.2, 0.25) is 5.91 Å². The zero-order chi connectivity index (χ0) is 13.2. The molecule has 0 fully saturated rings. The van der Waals surface area contributed by atoms with Gasteiger partial charge >= 0.3 is 0 Å². The molecule has 1 N–H and O–H groups in total. The van der Waals surface area contributed by atoms with E-state index >= 15 is 0 Å². The lowest BCUT2D eigenvalue weighted by atomic mass is 9.94. The molecule has 2 heteroatoms. The van der Waals surface area contributed by atoms with Crippen molar-refractivity contribution in [2.24, 2.45) is 5.41 Å². The molecular formula is C15H23NO. The largest absolute Gasteiger partial charge is 0.349 e. The molecule has 0 unspecified atom stereocenters. The highest BCUT2D eigenvalue weighted by atomic mass is 16.2. The lowest BCUT2D eigenvalue weighted by molar-refractivity contribution is -0.129. The molecule has 0 aromatic heterocycles. The van der Waals surface area contributed by atoms with Gasteiger partial charge in [0.1, 0.15) is 0 Å². The topological polar surface area (TPSA) is 29.1 Å². The van der Waals surface area contributed by atoms with Crippen LogP contribution >= 0.6 is 0 Å². The van der Waals surface area contributed by atoms with Gasteiger partial charge in [-0.25, -0.2) is 0 Å². The Morgan fingerprint density at radius 2 is 1.82 bits per heavy atom. The minimum absolute atomic E-state index is 0.0577. The maximum absolute atomic E-state index is 11.9. The van der Waals surface area contributed by atoms with Crippen LogP contribution in [0, 0.1) is 19.3 Å². The maximum atomic E-state index is 11.9. The Bertz CT molecular complexity index is 415. The molecule has 0 spiro atoms. The average molecular weight is 233 g/mol. The number of nitrogens with one attached hydrogen (secondary N) is 1. The van der Waals surface area contributed by atoms with Gasteiger partial charge in [-0.3, -0.25) is 4.79 Å². The summed E-state index contributed by atoms with van der Waals surface area (Å²) in [6, 6.07) is 6.39. The van der Waals surface area contributed by atoms with Crippen LogP contribution in [0.25, 0.3) is 0 Å². The summed E-state index contributed by atoms with van der Waals surface area (Å²) < 4.78 is 0. The van der Waals surface area contributed by atoms with E-state index in [0.717, 1.165) is 0 Å². The molecule has 94 valence electrons. The smallest absolute Gasteiger partial charge is 0.225 e. The maximum Gasteiger partial charge on any atom is 0.225 e. The van der Waals surface area contributed by atoms with Crippen LogP contribution in [-0.2, 0) is 4.79 Å². The van der Waals surface area contributed by atoms with E-state index in [1.807, 2.05) is 27.7 Å². The van der Waals surface area contributed by atoms with E-state index in [-0.39, 0.29) is 17.4 Å². The molecule has 0 heterocycles. The molecule has 0 saturated heterocycles. The monoisotopic (exact) mass is 233 g/mol. The third kappa shape index (κ3) is 3.58. The Kier molecular flexibility index (Phi) is 3.97. The third-order valence-corrected chi connectivity index (χ3v) is 2.92. The summed E-state index contributed by atoms with van der Waals surface area (Å²) in [6.45, 7) is 12.0. The van der Waals surface area contributed by atoms with Crippen molar-refractivity contribution in [3.63, 3.8) is 0 Å². The molecule has 1 rings (SSSR count). The summed E-state index contributed by atoms with van der Waals surface area (Å²) in [6.07, 6.45) is 0. The number of amides is 1. The third-order valence-electron chi connectivity index (χ3n) is 2.92. The molecule has 2 nitrogen and oxygen atoms in total. The zero-order valence-electron chi connectivity index (χ0n) is 11.7. The van der Waals surface area contributed by atoms with Gasteiger partial charge in [0.05, 0.1) is 6.04 Å². The van der Waals surface area contributed by atoms with Crippen molar-refractivity contribution in [1.29, 1.82) is 0 Å². The van der Waals surface area contributed by atoms with Crippen LogP contribution in [-0.4, -0.2) is 5.91 Å². The van der Waals surface area contributed by atoms with Gasteiger partial charge < -0.3 is 5.32 Å². The van der Waals surface area contributed by atoms with E-state index in [4.69, 9.17) is 0 Å². The number of rotatable bonds is 2. The summed E-state index contributed by atoms with van der Waals surface area (Å²) in [7, 11) is 0. The molecule has 1 amide bonds. The molecule has 1 aromatic carbocycles. The average Bonchev–Trinajstić information content (AvgIpc) is 2.15. The Labute approximate surface area is 104 Å². The minimum atomic E-state index is -0.340. The first-order valence-electron chi connectivity index (χ1n) is 6.10. The summed E-state index contributed by atoms with van der Waals surface area (Å²) in [5, 5.41) is 3.06. The fourth-order valence-corrected chi connectivity index (χ4v) is 1.80. The first-order valence-corrected chi connectivity index (χ1v) is 6.10. The van der Waals surface area contributed by atoms with E-state index in [9.17, 15) is 4.79 Å². The lowest BCUT2D eigenvalue weighted by Gasteiger charge is -2.23. The number of hydrogen-bond acceptors (Lipinski definition) is 1. The van der Waals surface area contributed by atoms with E-state index in [1.165, 1.54) is 16.7 Å². The van der Waals surface area contributed by atoms with Gasteiger partial charge in [-0.2, -0.15) is 0 Å². The first-order chi connectivity index (χ1) is 7.71. The standard InChI is InChI=1S/C15H23NO/c1-10-7-8-13(11(2)9-10)12(3)16-14(17)15(4,5)6/h7-9,12H,1-6H3,(H,16,17)/t12-/m1/s1. The zero-order valence-corrected chi connectivity index (χ0v) is 11.7. The number of benzene rings is 1. The van der Waals surface area contributed by atoms with E-state index < -0.39 is 0 Å². The normalized spacial score (nSPS) is 13.3. The van der Waals surface area contributed by atoms with Crippen molar-refractivity contribution in [3.8, 4) is 0 Å². The molecule has 0 saturated carbocycles. The highest BCUT2D eigenvalue weighted by molar-refractivity contribution is 5.81. The van der Waals surface area contributed by atoms with Gasteiger partial charge in [0, 0.05) is 5.41 Å². The van der Waals surface area contributed by atoms with E-state index in [2.05, 4.69) is 37.4 Å². The van der Waals surface area contributed by atoms with Crippen molar-refractivity contribution >= 4 is 5.91 Å². The van der Waals surface area contributed by atoms with Gasteiger partial charge in [-0.1, -0.05) is 44.5 Å². The molecule has 1 aromatic rings. The number of carbonyl (C=O) groups excluding carboxylic acids is 1. The minimum Gasteiger partial charge on any atom is -0.349 e. The van der Waals surface area contributed by atoms with Crippen LogP contribution in [0.3, 0.4) is 0 Å². The van der Waals surface area contributed by atoms with Crippen LogP contribution in [0.5, 0.6) is 0 Å². The Morgan fingerprint density at radius 1 is 1.24 bits per heavy atom. The molecule has 1 atom stereocenters. The van der Waals surface area contributed by atoms with Crippen LogP contribution < -0.4 is 5.32 Å². The molecule has 17 heavy (non-hydrogen) atoms. The van der Waals surface area contributed by atoms with Gasteiger partial charge in [-0.15, -0.1) is 0 Å². The van der Waals surface area contributed by atoms with Crippen molar-refractivity contribution in [2.75, 3.05) is 0 Å². The summed E-state index contributed by atoms with van der Waals surface area (Å²) in [5.74, 6) is 0.0879. The number of hydrogen-bond donors (Lipinski definition) is 1. The van der Waals surface area contributed by atoms with Gasteiger partial charge in [0.15, 0.2) is 0 Å². The van der Waals surface area contributed by atoms with Crippen molar-refractivity contribution in [3.05, 3.63) is 34.9 Å². The predicted octanol–water partition coefficient (Wildman–Crippen LogP) is 3.53. The Hall–Kier alpha value is -1.31. The molecular weight excluding hydrogens is 210 g/mol. The van der Waals surface area contributed by atoms with E-state index in [0.29, 0.717) is 0 Å². The van der Waals surface area contributed by atoms with Crippen LogP contribution in [0.2, 0.25) is 0 Å². The second-order valence-electron chi connectivity index (χ2n) is 5.81. The number of aryl methyl sites for hydroxylation is 2.